The number of aromatic hydroxyl groups is 13. The van der Waals surface area contributed by atoms with Gasteiger partial charge in [-0.15, -0.1) is 0 Å². The third kappa shape index (κ3) is 14.6. The van der Waals surface area contributed by atoms with E-state index in [0.29, 0.717) is 0 Å². The van der Waals surface area contributed by atoms with Gasteiger partial charge in [-0.1, -0.05) is 42.5 Å². The minimum Gasteiger partial charge on any atom is -0.504 e. The first-order valence-corrected chi connectivity index (χ1v) is 30.9. The number of rotatable bonds is 24. The van der Waals surface area contributed by atoms with E-state index in [9.17, 15) is 120 Å². The van der Waals surface area contributed by atoms with E-state index in [1.54, 1.807) is 0 Å². The maximum absolute atomic E-state index is 15.3. The standard InChI is InChI=1S/C72H58O32/c73-37-9-1-29(18-44(37)80)21-50(66(87)88)98-54(86)16-3-28-17-36-57(60(102-63(36)49(85)20-28)33-6-11-39(75)46(82)23-33)70(95)100-52(68(91)92)26-31-4-14-43(79)65-56(31)59(62(104-65)35-8-13-41(77)48(84)25-35)72(97)101-53(69(93)94)27-32-5-15-42(78)64-55(32)58(61(103-64)34-7-12-40(76)47(83)24-34)71(96)99-51(67(89)90)22-30-2-10-38(74)45(81)19-30/h1-20,23-25,50-53,57-62,73-85H,21-22,26-27H2,(H,87,88)(H,89,90)(H,91,92)(H,93,94). The number of aliphatic carboxylic acids is 4. The van der Waals surface area contributed by atoms with Crippen LogP contribution in [0.3, 0.4) is 0 Å². The summed E-state index contributed by atoms with van der Waals surface area (Å²) in [6, 6.07) is 22.4. The zero-order chi connectivity index (χ0) is 75.0. The summed E-state index contributed by atoms with van der Waals surface area (Å²) in [6.07, 6.45) is -14.9. The molecular formula is C72H58O32. The molecule has 11 rings (SSSR count). The molecule has 0 saturated carbocycles. The van der Waals surface area contributed by atoms with E-state index in [1.807, 2.05) is 0 Å². The number of hydrogen-bond donors (Lipinski definition) is 17. The molecule has 10 unspecified atom stereocenters. The lowest BCUT2D eigenvalue weighted by atomic mass is 9.85. The molecular weight excluding hydrogens is 1380 g/mol. The van der Waals surface area contributed by atoms with Gasteiger partial charge in [-0.05, 0) is 136 Å². The van der Waals surface area contributed by atoms with Crippen molar-refractivity contribution in [1.29, 1.82) is 0 Å². The van der Waals surface area contributed by atoms with Crippen molar-refractivity contribution in [2.75, 3.05) is 0 Å². The Morgan fingerprint density at radius 1 is 0.337 bits per heavy atom. The van der Waals surface area contributed by atoms with E-state index in [0.717, 1.165) is 109 Å². The lowest BCUT2D eigenvalue weighted by Crippen LogP contribution is -2.35. The molecule has 3 aliphatic heterocycles. The monoisotopic (exact) mass is 1430 g/mol. The first-order valence-electron chi connectivity index (χ1n) is 30.9. The van der Waals surface area contributed by atoms with Gasteiger partial charge in [0.25, 0.3) is 0 Å². The highest BCUT2D eigenvalue weighted by molar-refractivity contribution is 5.92. The van der Waals surface area contributed by atoms with Gasteiger partial charge in [0, 0.05) is 48.4 Å². The zero-order valence-corrected chi connectivity index (χ0v) is 53.1. The molecule has 104 heavy (non-hydrogen) atoms. The molecule has 0 aliphatic carbocycles. The maximum Gasteiger partial charge on any atom is 0.345 e. The molecule has 0 spiro atoms. The van der Waals surface area contributed by atoms with E-state index >= 15 is 4.79 Å². The topological polar surface area (TPSA) is 545 Å². The van der Waals surface area contributed by atoms with Crippen LogP contribution in [0.4, 0.5) is 0 Å². The van der Waals surface area contributed by atoms with E-state index in [2.05, 4.69) is 0 Å². The molecule has 10 atom stereocenters. The fourth-order valence-electron chi connectivity index (χ4n) is 12.3. The average molecular weight is 1440 g/mol. The number of hydrogen-bond acceptors (Lipinski definition) is 28. The molecule has 3 aliphatic rings. The number of carbonyl (C=O) groups excluding carboxylic acids is 4. The van der Waals surface area contributed by atoms with Crippen molar-refractivity contribution in [1.82, 2.24) is 0 Å². The second-order valence-corrected chi connectivity index (χ2v) is 24.1. The number of carboxylic acid groups (broad SMARTS) is 4. The van der Waals surface area contributed by atoms with Gasteiger partial charge in [0.1, 0.15) is 36.1 Å². The Morgan fingerprint density at radius 2 is 0.663 bits per heavy atom. The van der Waals surface area contributed by atoms with E-state index in [1.165, 1.54) is 30.3 Å². The number of carbonyl (C=O) groups is 8. The van der Waals surface area contributed by atoms with Crippen LogP contribution in [-0.2, 0) is 83.0 Å². The molecule has 0 radical (unpaired) electrons. The Bertz CT molecular complexity index is 4860. The van der Waals surface area contributed by atoms with Crippen LogP contribution in [0.1, 0.15) is 97.3 Å². The van der Waals surface area contributed by atoms with Crippen molar-refractivity contribution in [3.05, 3.63) is 195 Å². The molecule has 0 bridgehead atoms. The normalized spacial score (nSPS) is 18.0. The second kappa shape index (κ2) is 28.7. The van der Waals surface area contributed by atoms with Crippen molar-refractivity contribution in [3.63, 3.8) is 0 Å². The zero-order valence-electron chi connectivity index (χ0n) is 53.1. The van der Waals surface area contributed by atoms with Gasteiger partial charge in [-0.3, -0.25) is 14.4 Å². The fourth-order valence-corrected chi connectivity index (χ4v) is 12.3. The smallest absolute Gasteiger partial charge is 0.345 e. The van der Waals surface area contributed by atoms with Gasteiger partial charge in [-0.2, -0.15) is 0 Å². The van der Waals surface area contributed by atoms with Crippen molar-refractivity contribution in [2.45, 2.75) is 86.2 Å². The number of phenolic OH excluding ortho intramolecular Hbond substituents is 13. The lowest BCUT2D eigenvalue weighted by molar-refractivity contribution is -0.166. The molecule has 8 aromatic rings. The van der Waals surface area contributed by atoms with Crippen molar-refractivity contribution in [3.8, 4) is 92.0 Å². The molecule has 0 amide bonds. The summed E-state index contributed by atoms with van der Waals surface area (Å²) in [5.74, 6) is -28.7. The molecule has 17 N–H and O–H groups in total. The molecule has 3 heterocycles. The predicted molar refractivity (Wildman–Crippen MR) is 345 cm³/mol. The largest absolute Gasteiger partial charge is 0.504 e. The highest BCUT2D eigenvalue weighted by Gasteiger charge is 2.51. The van der Waals surface area contributed by atoms with Gasteiger partial charge in [-0.25, -0.2) is 24.0 Å². The second-order valence-electron chi connectivity index (χ2n) is 24.1. The molecule has 32 heteroatoms. The van der Waals surface area contributed by atoms with Crippen molar-refractivity contribution in [2.24, 2.45) is 0 Å². The summed E-state index contributed by atoms with van der Waals surface area (Å²) in [7, 11) is 0. The van der Waals surface area contributed by atoms with Crippen LogP contribution in [0, 0.1) is 0 Å². The summed E-state index contributed by atoms with van der Waals surface area (Å²) in [5, 5.41) is 179. The predicted octanol–water partition coefficient (Wildman–Crippen LogP) is 6.48. The van der Waals surface area contributed by atoms with Gasteiger partial charge in [0.2, 0.25) is 24.4 Å². The number of ether oxygens (including phenoxy) is 7. The highest BCUT2D eigenvalue weighted by atomic mass is 16.6. The quantitative estimate of drug-likeness (QED) is 0.0133. The Hall–Kier alpha value is -13.9. The van der Waals surface area contributed by atoms with Crippen LogP contribution in [0.5, 0.6) is 92.0 Å². The number of phenols is 13. The molecule has 32 nitrogen and oxygen atoms in total. The summed E-state index contributed by atoms with van der Waals surface area (Å²) in [4.78, 5) is 110. The van der Waals surface area contributed by atoms with Gasteiger partial charge in [0.15, 0.2) is 92.0 Å². The maximum atomic E-state index is 15.3. The summed E-state index contributed by atoms with van der Waals surface area (Å²) in [6.45, 7) is 0. The first-order chi connectivity index (χ1) is 49.3. The van der Waals surface area contributed by atoms with Crippen LogP contribution in [0.2, 0.25) is 0 Å². The fraction of sp³-hybridized carbons (Fsp3) is 0.194. The molecule has 0 fully saturated rings. The van der Waals surface area contributed by atoms with Crippen LogP contribution in [-0.4, -0.2) is 159 Å². The number of benzene rings is 8. The highest BCUT2D eigenvalue weighted by Crippen LogP contribution is 2.57. The Balaban J connectivity index is 0.915. The van der Waals surface area contributed by atoms with Crippen molar-refractivity contribution < 1.29 is 158 Å². The van der Waals surface area contributed by atoms with Gasteiger partial charge < -0.3 is 120 Å². The number of esters is 4. The number of carboxylic acids is 4. The van der Waals surface area contributed by atoms with Gasteiger partial charge >= 0.3 is 47.8 Å². The molecule has 538 valence electrons. The van der Waals surface area contributed by atoms with Crippen LogP contribution >= 0.6 is 0 Å². The third-order valence-electron chi connectivity index (χ3n) is 17.3. The molecule has 0 aromatic heterocycles. The van der Waals surface area contributed by atoms with E-state index in [-0.39, 0.29) is 55.6 Å². The van der Waals surface area contributed by atoms with E-state index < -0.39 is 231 Å². The molecule has 8 aromatic carbocycles. The SMILES string of the molecule is O=C(C=Cc1cc(O)c2c(c1)C(C(=O)OC(Cc1ccc(O)c3c1C(C(=O)OC(Cc1ccc(O)c4c1C(C(=O)OC(Cc1ccc(O)c(O)c1)C(=O)O)C(c1ccc(O)c(O)c1)O4)C(=O)O)C(c1ccc(O)c(O)c1)O3)C(=O)O)C(c1ccc(O)c(O)c1)O2)OC(Cc1ccc(O)c(O)c1)C(=O)O. The third-order valence-corrected chi connectivity index (χ3v) is 17.3. The number of fused-ring (bicyclic) bond motifs is 3. The summed E-state index contributed by atoms with van der Waals surface area (Å²) >= 11 is 0. The molecule has 0 saturated heterocycles. The first kappa shape index (κ1) is 71.3. The Labute approximate surface area is 582 Å². The average Bonchev–Trinajstić information content (AvgIpc) is 1.61. The minimum absolute atomic E-state index is 0.0478. The Morgan fingerprint density at radius 3 is 1.04 bits per heavy atom. The lowest BCUT2D eigenvalue weighted by Gasteiger charge is -2.24. The summed E-state index contributed by atoms with van der Waals surface area (Å²) in [5.41, 5.74) is -1.84. The van der Waals surface area contributed by atoms with Crippen LogP contribution < -0.4 is 14.2 Å². The summed E-state index contributed by atoms with van der Waals surface area (Å²) < 4.78 is 40.6. The van der Waals surface area contributed by atoms with Crippen LogP contribution in [0.15, 0.2) is 133 Å². The minimum atomic E-state index is -2.38. The van der Waals surface area contributed by atoms with Crippen molar-refractivity contribution >= 4 is 53.8 Å². The van der Waals surface area contributed by atoms with Crippen LogP contribution in [0.25, 0.3) is 6.08 Å². The van der Waals surface area contributed by atoms with E-state index in [4.69, 9.17) is 33.2 Å². The Kier molecular flexibility index (Phi) is 19.7. The van der Waals surface area contributed by atoms with Gasteiger partial charge in [0.05, 0.1) is 0 Å².